The molecule has 0 radical (unpaired) electrons. The Balaban J connectivity index is 1.20. The molecule has 0 spiro atoms. The van der Waals surface area contributed by atoms with E-state index in [0.29, 0.717) is 0 Å². The number of methoxy groups -OCH3 is 1. The zero-order chi connectivity index (χ0) is 38.7. The van der Waals surface area contributed by atoms with Gasteiger partial charge in [-0.1, -0.05) is 127 Å². The third kappa shape index (κ3) is 9.79. The number of benzene rings is 4. The van der Waals surface area contributed by atoms with Gasteiger partial charge in [0.15, 0.2) is 25.0 Å². The summed E-state index contributed by atoms with van der Waals surface area (Å²) in [5.41, 5.74) is 3.48. The monoisotopic (exact) mass is 768 g/mol. The molecule has 56 heavy (non-hydrogen) atoms. The maximum atomic E-state index is 13.6. The Morgan fingerprint density at radius 3 is 1.77 bits per heavy atom. The summed E-state index contributed by atoms with van der Waals surface area (Å²) in [5.74, 6) is -0.743. The second-order valence-corrected chi connectivity index (χ2v) is 13.7. The van der Waals surface area contributed by atoms with Crippen molar-refractivity contribution < 1.29 is 57.3 Å². The summed E-state index contributed by atoms with van der Waals surface area (Å²) in [7, 11) is 1.25. The molecule has 0 bridgehead atoms. The highest BCUT2D eigenvalue weighted by Gasteiger charge is 2.56. The minimum Gasteiger partial charge on any atom is -0.467 e. The van der Waals surface area contributed by atoms with Crippen LogP contribution in [0.1, 0.15) is 28.5 Å². The van der Waals surface area contributed by atoms with Crippen molar-refractivity contribution in [2.45, 2.75) is 87.5 Å². The van der Waals surface area contributed by atoms with Gasteiger partial charge in [-0.2, -0.15) is 0 Å². The Morgan fingerprint density at radius 1 is 0.679 bits per heavy atom. The van der Waals surface area contributed by atoms with Gasteiger partial charge in [0.25, 0.3) is 0 Å². The molecule has 7 rings (SSSR count). The Morgan fingerprint density at radius 2 is 1.21 bits per heavy atom. The van der Waals surface area contributed by atoms with Crippen LogP contribution in [-0.2, 0) is 72.0 Å². The topological polar surface area (TPSA) is 130 Å². The first kappa shape index (κ1) is 39.9. The summed E-state index contributed by atoms with van der Waals surface area (Å²) >= 11 is 0. The number of esters is 1. The molecule has 4 aromatic rings. The highest BCUT2D eigenvalue weighted by Crippen LogP contribution is 2.38. The molecule has 0 aliphatic carbocycles. The molecule has 0 saturated carbocycles. The van der Waals surface area contributed by atoms with Crippen LogP contribution in [0.4, 0.5) is 0 Å². The Kier molecular flexibility index (Phi) is 14.0. The largest absolute Gasteiger partial charge is 0.467 e. The SMILES string of the molecule is C=CCO[C@@H]1O[C@H](C(=O)OC)[C@@H](O[C@@H]2OC3CO[C@@H](c4ccccc4)OC3[C@H](OCc3ccccc3)[C@@H]2O)[C@H](OCc2ccccc2)[C@H]1OCc1ccccc1. The second kappa shape index (κ2) is 19.7. The molecule has 296 valence electrons. The maximum Gasteiger partial charge on any atom is 0.337 e. The third-order valence-corrected chi connectivity index (χ3v) is 9.83. The van der Waals surface area contributed by atoms with Crippen LogP contribution in [-0.4, -0.2) is 92.8 Å². The third-order valence-electron chi connectivity index (χ3n) is 9.83. The molecule has 2 unspecified atom stereocenters. The molecule has 3 aliphatic rings. The van der Waals surface area contributed by atoms with Gasteiger partial charge in [-0.05, 0) is 16.7 Å². The Hall–Kier alpha value is -4.31. The van der Waals surface area contributed by atoms with E-state index in [1.807, 2.05) is 121 Å². The van der Waals surface area contributed by atoms with E-state index in [1.54, 1.807) is 6.08 Å². The van der Waals surface area contributed by atoms with Crippen molar-refractivity contribution in [1.29, 1.82) is 0 Å². The fraction of sp³-hybridized carbons (Fsp3) is 0.386. The molecule has 0 aromatic heterocycles. The van der Waals surface area contributed by atoms with Gasteiger partial charge in [0.1, 0.15) is 42.7 Å². The molecule has 4 aromatic carbocycles. The lowest BCUT2D eigenvalue weighted by molar-refractivity contribution is -0.390. The normalized spacial score (nSPS) is 30.2. The predicted octanol–water partition coefficient (Wildman–Crippen LogP) is 5.43. The van der Waals surface area contributed by atoms with Gasteiger partial charge in [-0.25, -0.2) is 4.79 Å². The highest BCUT2D eigenvalue weighted by molar-refractivity contribution is 5.75. The zero-order valence-electron chi connectivity index (χ0n) is 31.2. The predicted molar refractivity (Wildman–Crippen MR) is 201 cm³/mol. The van der Waals surface area contributed by atoms with E-state index in [1.165, 1.54) is 7.11 Å². The van der Waals surface area contributed by atoms with E-state index in [0.717, 1.165) is 22.3 Å². The van der Waals surface area contributed by atoms with Gasteiger partial charge >= 0.3 is 5.97 Å². The second-order valence-electron chi connectivity index (χ2n) is 13.7. The van der Waals surface area contributed by atoms with Crippen molar-refractivity contribution in [2.24, 2.45) is 0 Å². The van der Waals surface area contributed by atoms with Gasteiger partial charge in [0.05, 0.1) is 40.1 Å². The average molecular weight is 769 g/mol. The number of rotatable bonds is 16. The molecule has 12 nitrogen and oxygen atoms in total. The summed E-state index contributed by atoms with van der Waals surface area (Å²) in [6, 6.07) is 38.3. The molecule has 3 saturated heterocycles. The first-order valence-corrected chi connectivity index (χ1v) is 18.8. The molecule has 11 atom stereocenters. The van der Waals surface area contributed by atoms with E-state index in [2.05, 4.69) is 6.58 Å². The van der Waals surface area contributed by atoms with E-state index >= 15 is 0 Å². The summed E-state index contributed by atoms with van der Waals surface area (Å²) in [6.07, 6.45) is -9.96. The van der Waals surface area contributed by atoms with Crippen LogP contribution in [0.3, 0.4) is 0 Å². The number of hydrogen-bond donors (Lipinski definition) is 1. The number of hydrogen-bond acceptors (Lipinski definition) is 12. The quantitative estimate of drug-likeness (QED) is 0.115. The number of ether oxygens (including phenoxy) is 10. The average Bonchev–Trinajstić information content (AvgIpc) is 3.25. The molecule has 12 heteroatoms. The first-order valence-electron chi connectivity index (χ1n) is 18.8. The Labute approximate surface area is 326 Å². The summed E-state index contributed by atoms with van der Waals surface area (Å²) < 4.78 is 63.0. The number of fused-ring (bicyclic) bond motifs is 1. The van der Waals surface area contributed by atoms with Crippen LogP contribution in [0.5, 0.6) is 0 Å². The van der Waals surface area contributed by atoms with Crippen molar-refractivity contribution in [2.75, 3.05) is 20.3 Å². The minimum absolute atomic E-state index is 0.0958. The number of aliphatic hydroxyl groups is 1. The van der Waals surface area contributed by atoms with Crippen LogP contribution >= 0.6 is 0 Å². The van der Waals surface area contributed by atoms with Gasteiger partial charge < -0.3 is 52.5 Å². The van der Waals surface area contributed by atoms with Crippen molar-refractivity contribution in [3.05, 3.63) is 156 Å². The van der Waals surface area contributed by atoms with E-state index < -0.39 is 73.7 Å². The van der Waals surface area contributed by atoms with Crippen molar-refractivity contribution >= 4 is 5.97 Å². The maximum absolute atomic E-state index is 13.6. The number of carbonyl (C=O) groups is 1. The zero-order valence-corrected chi connectivity index (χ0v) is 31.2. The lowest BCUT2D eigenvalue weighted by Crippen LogP contribution is -2.67. The summed E-state index contributed by atoms with van der Waals surface area (Å²) in [6.45, 7) is 4.46. The molecular formula is C44H48O12. The van der Waals surface area contributed by atoms with Crippen molar-refractivity contribution in [3.8, 4) is 0 Å². The van der Waals surface area contributed by atoms with Gasteiger partial charge in [-0.3, -0.25) is 0 Å². The van der Waals surface area contributed by atoms with E-state index in [4.69, 9.17) is 47.4 Å². The van der Waals surface area contributed by atoms with Gasteiger partial charge in [0, 0.05) is 5.56 Å². The highest BCUT2D eigenvalue weighted by atomic mass is 16.8. The summed E-state index contributed by atoms with van der Waals surface area (Å²) in [5, 5.41) is 12.1. The fourth-order valence-corrected chi connectivity index (χ4v) is 7.03. The molecule has 3 aliphatic heterocycles. The number of aliphatic hydroxyl groups excluding tert-OH is 1. The fourth-order valence-electron chi connectivity index (χ4n) is 7.03. The first-order chi connectivity index (χ1) is 27.5. The molecular weight excluding hydrogens is 720 g/mol. The standard InChI is InChI=1S/C44H48O12/c1-3-24-48-44-40(51-27-31-20-12-6-13-21-31)37(50-26-30-18-10-5-11-19-30)38(39(56-44)41(46)47-2)55-43-34(45)36(49-25-29-16-8-4-9-17-29)35-33(53-43)28-52-42(54-35)32-22-14-7-15-23-32/h3-23,33-40,42-45H,1,24-28H2,2H3/t33?,34-,35?,36+,37-,38-,39-,40+,42+,43-,44+/m0/s1. The Bertz CT molecular complexity index is 1780. The molecule has 1 N–H and O–H groups in total. The summed E-state index contributed by atoms with van der Waals surface area (Å²) in [4.78, 5) is 13.6. The molecule has 3 fully saturated rings. The smallest absolute Gasteiger partial charge is 0.337 e. The lowest BCUT2D eigenvalue weighted by atomic mass is 9.95. The number of carbonyl (C=O) groups excluding carboxylic acids is 1. The minimum atomic E-state index is -1.40. The van der Waals surface area contributed by atoms with Crippen LogP contribution in [0.2, 0.25) is 0 Å². The van der Waals surface area contributed by atoms with E-state index in [9.17, 15) is 9.90 Å². The molecule has 0 amide bonds. The lowest BCUT2D eigenvalue weighted by Gasteiger charge is -2.50. The van der Waals surface area contributed by atoms with Crippen LogP contribution in [0.25, 0.3) is 0 Å². The van der Waals surface area contributed by atoms with Crippen molar-refractivity contribution in [3.63, 3.8) is 0 Å². The molecule has 3 heterocycles. The van der Waals surface area contributed by atoms with Gasteiger partial charge in [0.2, 0.25) is 0 Å². The van der Waals surface area contributed by atoms with Crippen molar-refractivity contribution in [1.82, 2.24) is 0 Å². The van der Waals surface area contributed by atoms with Gasteiger partial charge in [-0.15, -0.1) is 6.58 Å². The van der Waals surface area contributed by atoms with Crippen LogP contribution < -0.4 is 0 Å². The van der Waals surface area contributed by atoms with Crippen LogP contribution in [0.15, 0.2) is 134 Å². The van der Waals surface area contributed by atoms with Crippen LogP contribution in [0, 0.1) is 0 Å². The van der Waals surface area contributed by atoms with E-state index in [-0.39, 0.29) is 33.0 Å².